The van der Waals surface area contributed by atoms with Crippen LogP contribution in [0.25, 0.3) is 0 Å². The zero-order chi connectivity index (χ0) is 19.3. The third kappa shape index (κ3) is 71.8. The molecule has 0 saturated heterocycles. The molecule has 12 nitrogen and oxygen atoms in total. The van der Waals surface area contributed by atoms with E-state index in [1.165, 1.54) is 0 Å². The summed E-state index contributed by atoms with van der Waals surface area (Å²) in [4.78, 5) is 29.8. The van der Waals surface area contributed by atoms with E-state index in [9.17, 15) is 0 Å². The highest BCUT2D eigenvalue weighted by molar-refractivity contribution is 7.42. The van der Waals surface area contributed by atoms with Crippen LogP contribution >= 0.6 is 17.1 Å². The Balaban J connectivity index is -0.000000112. The van der Waals surface area contributed by atoms with Crippen LogP contribution in [0.2, 0.25) is 0 Å². The van der Waals surface area contributed by atoms with Crippen molar-refractivity contribution in [1.29, 1.82) is 0 Å². The molecule has 2 atom stereocenters. The molecule has 0 amide bonds. The molecule has 0 rings (SSSR count). The molecule has 0 aromatic carbocycles. The lowest BCUT2D eigenvalue weighted by atomic mass is 10.2. The maximum atomic E-state index is 8.79. The van der Waals surface area contributed by atoms with Gasteiger partial charge in [0.1, 0.15) is 0 Å². The summed E-state index contributed by atoms with van der Waals surface area (Å²) in [6, 6.07) is 0. The molecule has 14 heteroatoms. The van der Waals surface area contributed by atoms with E-state index >= 15 is 0 Å². The fourth-order valence-electron chi connectivity index (χ4n) is 0.690. The molecule has 0 aromatic heterocycles. The van der Waals surface area contributed by atoms with Crippen molar-refractivity contribution in [2.24, 2.45) is 22.5 Å². The topological polar surface area (TPSA) is 266 Å². The second kappa shape index (κ2) is 27.2. The Bertz CT molecular complexity index is 183. The van der Waals surface area contributed by atoms with Gasteiger partial charge in [0.25, 0.3) is 0 Å². The van der Waals surface area contributed by atoms with E-state index in [-0.39, 0.29) is 19.8 Å². The predicted molar refractivity (Wildman–Crippen MR) is 89.2 cm³/mol. The van der Waals surface area contributed by atoms with Crippen molar-refractivity contribution in [3.05, 3.63) is 0 Å². The molecule has 146 valence electrons. The Hall–Kier alpha value is 0.380. The fourth-order valence-corrected chi connectivity index (χ4v) is 0.690. The highest BCUT2D eigenvalue weighted by Crippen LogP contribution is 2.05. The number of nitrogens with two attached hydrogens (primary N) is 4. The first-order valence-electron chi connectivity index (χ1n) is 6.41. The van der Waals surface area contributed by atoms with Crippen LogP contribution in [0.5, 0.6) is 0 Å². The van der Waals surface area contributed by atoms with E-state index in [4.69, 9.17) is 51.5 Å². The van der Waals surface area contributed by atoms with Crippen molar-refractivity contribution >= 4 is 17.1 Å². The largest absolute Gasteiger partial charge is 0.394 e. The molecular formula is C9H32N4O8P2. The van der Waals surface area contributed by atoms with Crippen molar-refractivity contribution in [2.75, 3.05) is 26.3 Å². The summed E-state index contributed by atoms with van der Waals surface area (Å²) >= 11 is 0. The van der Waals surface area contributed by atoms with Crippen LogP contribution in [-0.2, 0) is 0 Å². The molecule has 23 heavy (non-hydrogen) atoms. The molecule has 0 radical (unpaired) electrons. The average Bonchev–Trinajstić information content (AvgIpc) is 2.46. The van der Waals surface area contributed by atoms with Crippen LogP contribution in [-0.4, -0.2) is 78.5 Å². The lowest BCUT2D eigenvalue weighted by Crippen LogP contribution is -2.22. The van der Waals surface area contributed by atoms with Gasteiger partial charge in [-0.05, 0) is 25.8 Å². The maximum Gasteiger partial charge on any atom is 0.247 e. The lowest BCUT2D eigenvalue weighted by molar-refractivity contribution is 0.0863. The SMILES string of the molecule is NCC(O)CO.NCCCCC(O)CO.NP(O)O.NP(O)O. The number of hydrogen-bond donors (Lipinski definition) is 12. The summed E-state index contributed by atoms with van der Waals surface area (Å²) in [5, 5.41) is 33.4. The van der Waals surface area contributed by atoms with E-state index in [0.29, 0.717) is 13.0 Å². The number of rotatable bonds is 7. The minimum absolute atomic E-state index is 0.134. The zero-order valence-corrected chi connectivity index (χ0v) is 14.7. The fraction of sp³-hybridized carbons (Fsp3) is 1.00. The van der Waals surface area contributed by atoms with E-state index in [2.05, 4.69) is 11.0 Å². The van der Waals surface area contributed by atoms with Gasteiger partial charge in [-0.25, -0.2) is 0 Å². The molecule has 0 aromatic rings. The van der Waals surface area contributed by atoms with E-state index in [1.807, 2.05) is 0 Å². The molecule has 0 heterocycles. The summed E-state index contributed by atoms with van der Waals surface area (Å²) in [5.74, 6) is 0. The van der Waals surface area contributed by atoms with Crippen molar-refractivity contribution in [3.63, 3.8) is 0 Å². The second-order valence-electron chi connectivity index (χ2n) is 3.83. The smallest absolute Gasteiger partial charge is 0.247 e. The highest BCUT2D eigenvalue weighted by atomic mass is 31.2. The molecule has 0 bridgehead atoms. The van der Waals surface area contributed by atoms with E-state index in [1.54, 1.807) is 0 Å². The van der Waals surface area contributed by atoms with E-state index < -0.39 is 29.3 Å². The van der Waals surface area contributed by atoms with Crippen LogP contribution in [0.15, 0.2) is 0 Å². The van der Waals surface area contributed by atoms with Gasteiger partial charge < -0.3 is 51.5 Å². The first-order valence-corrected chi connectivity index (χ1v) is 9.05. The molecule has 0 aliphatic rings. The van der Waals surface area contributed by atoms with Crippen molar-refractivity contribution in [2.45, 2.75) is 31.5 Å². The predicted octanol–water partition coefficient (Wildman–Crippen LogP) is -3.92. The first kappa shape index (κ1) is 31.2. The third-order valence-corrected chi connectivity index (χ3v) is 1.69. The van der Waals surface area contributed by atoms with Gasteiger partial charge in [0.2, 0.25) is 17.1 Å². The monoisotopic (exact) mass is 386 g/mol. The molecule has 0 saturated carbocycles. The van der Waals surface area contributed by atoms with Gasteiger partial charge >= 0.3 is 0 Å². The molecule has 16 N–H and O–H groups in total. The summed E-state index contributed by atoms with van der Waals surface area (Å²) in [5.41, 5.74) is 18.7. The van der Waals surface area contributed by atoms with E-state index in [0.717, 1.165) is 12.8 Å². The van der Waals surface area contributed by atoms with Gasteiger partial charge in [0, 0.05) is 6.54 Å². The van der Waals surface area contributed by atoms with Gasteiger partial charge in [-0.15, -0.1) is 0 Å². The van der Waals surface area contributed by atoms with Crippen LogP contribution in [0, 0.1) is 0 Å². The van der Waals surface area contributed by atoms with Gasteiger partial charge in [-0.1, -0.05) is 0 Å². The quantitative estimate of drug-likeness (QED) is 0.148. The Labute approximate surface area is 138 Å². The number of aliphatic hydroxyl groups is 4. The second-order valence-corrected chi connectivity index (χ2v) is 5.12. The minimum atomic E-state index is -2.12. The van der Waals surface area contributed by atoms with Gasteiger partial charge in [0.05, 0.1) is 25.4 Å². The summed E-state index contributed by atoms with van der Waals surface area (Å²) in [6.07, 6.45) is 1.21. The molecule has 0 aliphatic heterocycles. The Morgan fingerprint density at radius 3 is 1.26 bits per heavy atom. The lowest BCUT2D eigenvalue weighted by Gasteiger charge is -2.04. The summed E-state index contributed by atoms with van der Waals surface area (Å²) in [7, 11) is -4.24. The normalized spacial score (nSPS) is 12.3. The van der Waals surface area contributed by atoms with Crippen LogP contribution < -0.4 is 22.5 Å². The van der Waals surface area contributed by atoms with Crippen LogP contribution in [0.3, 0.4) is 0 Å². The van der Waals surface area contributed by atoms with Gasteiger partial charge in [-0.2, -0.15) is 0 Å². The summed E-state index contributed by atoms with van der Waals surface area (Å²) < 4.78 is 0. The minimum Gasteiger partial charge on any atom is -0.394 e. The highest BCUT2D eigenvalue weighted by Gasteiger charge is 1.98. The van der Waals surface area contributed by atoms with Crippen molar-refractivity contribution < 1.29 is 40.0 Å². The standard InChI is InChI=1S/C6H15NO2.C3H9NO2.2H4NO2P/c7-4-2-1-3-6(9)5-8;4-1-3(6)2-5;2*1-4(2)3/h6,8-9H,1-5,7H2;3,5-6H,1-2,4H2;2*2-3H,1H2. The van der Waals surface area contributed by atoms with Crippen LogP contribution in [0.4, 0.5) is 0 Å². The first-order chi connectivity index (χ1) is 10.6. The van der Waals surface area contributed by atoms with Crippen LogP contribution in [0.1, 0.15) is 19.3 Å². The van der Waals surface area contributed by atoms with Gasteiger partial charge in [0.15, 0.2) is 0 Å². The zero-order valence-electron chi connectivity index (χ0n) is 12.9. The van der Waals surface area contributed by atoms with Crippen molar-refractivity contribution in [1.82, 2.24) is 0 Å². The molecule has 0 spiro atoms. The average molecular weight is 386 g/mol. The van der Waals surface area contributed by atoms with Crippen molar-refractivity contribution in [3.8, 4) is 0 Å². The number of unbranched alkanes of at least 4 members (excludes halogenated alkanes) is 1. The molecule has 2 unspecified atom stereocenters. The number of hydrogen-bond acceptors (Lipinski definition) is 12. The molecular weight excluding hydrogens is 354 g/mol. The Morgan fingerprint density at radius 1 is 0.739 bits per heavy atom. The molecule has 0 aliphatic carbocycles. The number of aliphatic hydroxyl groups excluding tert-OH is 4. The Kier molecular flexibility index (Phi) is 36.9. The van der Waals surface area contributed by atoms with Gasteiger partial charge in [-0.3, -0.25) is 11.0 Å². The summed E-state index contributed by atoms with van der Waals surface area (Å²) in [6.45, 7) is 0.426. The maximum absolute atomic E-state index is 8.79. The molecule has 0 fully saturated rings. The Morgan fingerprint density at radius 2 is 1.09 bits per heavy atom. The third-order valence-electron chi connectivity index (χ3n) is 1.69.